The Hall–Kier alpha value is -0.610. The summed E-state index contributed by atoms with van der Waals surface area (Å²) in [5.41, 5.74) is -0.405. The maximum atomic E-state index is 12.3. The molecular formula is C14H29NO3. The lowest BCUT2D eigenvalue weighted by Gasteiger charge is -2.31. The molecule has 0 aliphatic heterocycles. The summed E-state index contributed by atoms with van der Waals surface area (Å²) in [7, 11) is 0. The molecule has 108 valence electrons. The highest BCUT2D eigenvalue weighted by Crippen LogP contribution is 2.26. The van der Waals surface area contributed by atoms with Gasteiger partial charge in [0.25, 0.3) is 0 Å². The van der Waals surface area contributed by atoms with Crippen molar-refractivity contribution in [3.63, 3.8) is 0 Å². The Morgan fingerprint density at radius 3 is 2.06 bits per heavy atom. The normalized spacial score (nSPS) is 11.6. The van der Waals surface area contributed by atoms with Crippen LogP contribution < -0.4 is 0 Å². The number of aliphatic hydroxyl groups is 2. The highest BCUT2D eigenvalue weighted by atomic mass is 16.3. The number of hydrogen-bond acceptors (Lipinski definition) is 3. The average Bonchev–Trinajstić information content (AvgIpc) is 2.33. The molecule has 0 heterocycles. The van der Waals surface area contributed by atoms with Crippen LogP contribution in [-0.2, 0) is 4.79 Å². The topological polar surface area (TPSA) is 60.8 Å². The van der Waals surface area contributed by atoms with Gasteiger partial charge in [-0.2, -0.15) is 0 Å². The predicted octanol–water partition coefficient (Wildman–Crippen LogP) is 1.80. The lowest BCUT2D eigenvalue weighted by atomic mass is 9.85. The molecule has 0 aliphatic carbocycles. The third-order valence-corrected chi connectivity index (χ3v) is 3.26. The van der Waals surface area contributed by atoms with Gasteiger partial charge in [-0.25, -0.2) is 0 Å². The fraction of sp³-hybridized carbons (Fsp3) is 0.929. The molecule has 0 aliphatic rings. The van der Waals surface area contributed by atoms with Gasteiger partial charge in [0, 0.05) is 18.5 Å². The Morgan fingerprint density at radius 2 is 1.61 bits per heavy atom. The summed E-state index contributed by atoms with van der Waals surface area (Å²) in [6, 6.07) is 0. The number of nitrogens with zero attached hydrogens (tertiary/aromatic N) is 1. The standard InChI is InChI=1S/C14H29NO3/c1-4-5-6-7-8-14(2,3)13(18)15(9-11-16)10-12-17/h16-17H,4-12H2,1-3H3. The van der Waals surface area contributed by atoms with Gasteiger partial charge in [-0.05, 0) is 6.42 Å². The maximum absolute atomic E-state index is 12.3. The first-order valence-electron chi connectivity index (χ1n) is 7.00. The van der Waals surface area contributed by atoms with Crippen molar-refractivity contribution in [2.45, 2.75) is 52.9 Å². The zero-order valence-corrected chi connectivity index (χ0v) is 12.1. The first kappa shape index (κ1) is 17.4. The molecule has 0 radical (unpaired) electrons. The molecule has 0 fully saturated rings. The molecule has 1 amide bonds. The lowest BCUT2D eigenvalue weighted by molar-refractivity contribution is -0.141. The molecule has 2 N–H and O–H groups in total. The van der Waals surface area contributed by atoms with Crippen molar-refractivity contribution in [3.8, 4) is 0 Å². The SMILES string of the molecule is CCCCCCC(C)(C)C(=O)N(CCO)CCO. The van der Waals surface area contributed by atoms with Crippen LogP contribution in [0.2, 0.25) is 0 Å². The molecule has 0 saturated carbocycles. The molecule has 0 atom stereocenters. The van der Waals surface area contributed by atoms with Gasteiger partial charge < -0.3 is 15.1 Å². The van der Waals surface area contributed by atoms with Crippen LogP contribution in [-0.4, -0.2) is 47.3 Å². The van der Waals surface area contributed by atoms with Crippen molar-refractivity contribution in [1.29, 1.82) is 0 Å². The fourth-order valence-electron chi connectivity index (χ4n) is 2.08. The zero-order chi connectivity index (χ0) is 14.0. The molecule has 0 saturated heterocycles. The van der Waals surface area contributed by atoms with E-state index in [9.17, 15) is 4.79 Å². The number of rotatable bonds is 10. The van der Waals surface area contributed by atoms with E-state index in [2.05, 4.69) is 6.92 Å². The molecule has 18 heavy (non-hydrogen) atoms. The fourth-order valence-corrected chi connectivity index (χ4v) is 2.08. The molecule has 0 bridgehead atoms. The molecule has 4 heteroatoms. The first-order chi connectivity index (χ1) is 8.49. The number of carbonyl (C=O) groups excluding carboxylic acids is 1. The number of hydrogen-bond donors (Lipinski definition) is 2. The molecule has 0 aromatic rings. The van der Waals surface area contributed by atoms with Crippen LogP contribution in [0.25, 0.3) is 0 Å². The van der Waals surface area contributed by atoms with Gasteiger partial charge in [0.05, 0.1) is 13.2 Å². The van der Waals surface area contributed by atoms with Crippen LogP contribution in [0.4, 0.5) is 0 Å². The van der Waals surface area contributed by atoms with E-state index in [0.29, 0.717) is 13.1 Å². The Kier molecular flexibility index (Phi) is 9.02. The van der Waals surface area contributed by atoms with Gasteiger partial charge in [0.15, 0.2) is 0 Å². The second-order valence-electron chi connectivity index (χ2n) is 5.43. The molecule has 0 aromatic heterocycles. The quantitative estimate of drug-likeness (QED) is 0.588. The van der Waals surface area contributed by atoms with E-state index in [1.807, 2.05) is 13.8 Å². The van der Waals surface area contributed by atoms with Gasteiger partial charge >= 0.3 is 0 Å². The number of unbranched alkanes of at least 4 members (excludes halogenated alkanes) is 3. The number of aliphatic hydroxyl groups excluding tert-OH is 2. The predicted molar refractivity (Wildman–Crippen MR) is 73.3 cm³/mol. The van der Waals surface area contributed by atoms with Crippen molar-refractivity contribution < 1.29 is 15.0 Å². The third kappa shape index (κ3) is 6.36. The summed E-state index contributed by atoms with van der Waals surface area (Å²) < 4.78 is 0. The molecule has 0 spiro atoms. The van der Waals surface area contributed by atoms with Crippen molar-refractivity contribution in [1.82, 2.24) is 4.90 Å². The van der Waals surface area contributed by atoms with Gasteiger partial charge in [0.1, 0.15) is 0 Å². The summed E-state index contributed by atoms with van der Waals surface area (Å²) in [5.74, 6) is 0.0297. The first-order valence-corrected chi connectivity index (χ1v) is 7.00. The summed E-state index contributed by atoms with van der Waals surface area (Å²) in [6.07, 6.45) is 5.47. The summed E-state index contributed by atoms with van der Waals surface area (Å²) >= 11 is 0. The lowest BCUT2D eigenvalue weighted by Crippen LogP contribution is -2.43. The van der Waals surface area contributed by atoms with Crippen LogP contribution >= 0.6 is 0 Å². The van der Waals surface area contributed by atoms with Crippen LogP contribution in [0.3, 0.4) is 0 Å². The van der Waals surface area contributed by atoms with Crippen LogP contribution in [0, 0.1) is 5.41 Å². The van der Waals surface area contributed by atoms with Crippen molar-refractivity contribution in [3.05, 3.63) is 0 Å². The van der Waals surface area contributed by atoms with Crippen molar-refractivity contribution >= 4 is 5.91 Å². The van der Waals surface area contributed by atoms with Crippen LogP contribution in [0.15, 0.2) is 0 Å². The highest BCUT2D eigenvalue weighted by molar-refractivity contribution is 5.81. The van der Waals surface area contributed by atoms with Crippen LogP contribution in [0.1, 0.15) is 52.9 Å². The van der Waals surface area contributed by atoms with E-state index in [0.717, 1.165) is 19.3 Å². The molecule has 4 nitrogen and oxygen atoms in total. The van der Waals surface area contributed by atoms with Gasteiger partial charge in [-0.1, -0.05) is 46.5 Å². The Balaban J connectivity index is 4.30. The van der Waals surface area contributed by atoms with E-state index < -0.39 is 5.41 Å². The van der Waals surface area contributed by atoms with Crippen molar-refractivity contribution in [2.75, 3.05) is 26.3 Å². The largest absolute Gasteiger partial charge is 0.395 e. The Bertz CT molecular complexity index is 223. The summed E-state index contributed by atoms with van der Waals surface area (Å²) in [5, 5.41) is 17.9. The van der Waals surface area contributed by atoms with Crippen LogP contribution in [0.5, 0.6) is 0 Å². The van der Waals surface area contributed by atoms with E-state index in [1.165, 1.54) is 12.8 Å². The van der Waals surface area contributed by atoms with Crippen molar-refractivity contribution in [2.24, 2.45) is 5.41 Å². The summed E-state index contributed by atoms with van der Waals surface area (Å²) in [4.78, 5) is 13.9. The average molecular weight is 259 g/mol. The number of carbonyl (C=O) groups is 1. The summed E-state index contributed by atoms with van der Waals surface area (Å²) in [6.45, 7) is 6.55. The molecule has 0 unspecified atom stereocenters. The molecule has 0 aromatic carbocycles. The minimum atomic E-state index is -0.405. The monoisotopic (exact) mass is 259 g/mol. The zero-order valence-electron chi connectivity index (χ0n) is 12.1. The Morgan fingerprint density at radius 1 is 1.06 bits per heavy atom. The maximum Gasteiger partial charge on any atom is 0.228 e. The van der Waals surface area contributed by atoms with Gasteiger partial charge in [-0.15, -0.1) is 0 Å². The van der Waals surface area contributed by atoms with Gasteiger partial charge in [-0.3, -0.25) is 4.79 Å². The van der Waals surface area contributed by atoms with Gasteiger partial charge in [0.2, 0.25) is 5.91 Å². The van der Waals surface area contributed by atoms with E-state index in [4.69, 9.17) is 10.2 Å². The van der Waals surface area contributed by atoms with E-state index in [1.54, 1.807) is 4.90 Å². The smallest absolute Gasteiger partial charge is 0.228 e. The molecule has 0 rings (SSSR count). The second-order valence-corrected chi connectivity index (χ2v) is 5.43. The second kappa shape index (κ2) is 9.34. The minimum Gasteiger partial charge on any atom is -0.395 e. The van der Waals surface area contributed by atoms with E-state index >= 15 is 0 Å². The minimum absolute atomic E-state index is 0.0297. The number of amides is 1. The Labute approximate surface area is 111 Å². The highest BCUT2D eigenvalue weighted by Gasteiger charge is 2.30. The van der Waals surface area contributed by atoms with E-state index in [-0.39, 0.29) is 19.1 Å². The third-order valence-electron chi connectivity index (χ3n) is 3.26. The molecular weight excluding hydrogens is 230 g/mol.